The first-order valence-corrected chi connectivity index (χ1v) is 7.51. The van der Waals surface area contributed by atoms with Gasteiger partial charge in [0.25, 0.3) is 5.91 Å². The van der Waals surface area contributed by atoms with E-state index in [1.807, 2.05) is 0 Å². The first kappa shape index (κ1) is 16.8. The largest absolute Gasteiger partial charge is 0.469 e. The summed E-state index contributed by atoms with van der Waals surface area (Å²) in [5.41, 5.74) is 5.02. The summed E-state index contributed by atoms with van der Waals surface area (Å²) in [6.07, 6.45) is 1.41. The second-order valence-corrected chi connectivity index (χ2v) is 5.03. The van der Waals surface area contributed by atoms with Crippen LogP contribution in [0.4, 0.5) is 0 Å². The van der Waals surface area contributed by atoms with Crippen LogP contribution in [0.25, 0.3) is 0 Å². The molecule has 0 fully saturated rings. The lowest BCUT2D eigenvalue weighted by Gasteiger charge is -2.15. The molecular formula is C16H21N3O4. The van der Waals surface area contributed by atoms with E-state index in [2.05, 4.69) is 29.6 Å². The van der Waals surface area contributed by atoms with Gasteiger partial charge in [0.1, 0.15) is 11.5 Å². The van der Waals surface area contributed by atoms with Gasteiger partial charge in [-0.05, 0) is 38.2 Å². The van der Waals surface area contributed by atoms with Crippen LogP contribution in [-0.4, -0.2) is 29.8 Å². The minimum atomic E-state index is -0.509. The molecular weight excluding hydrogens is 298 g/mol. The molecule has 0 radical (unpaired) electrons. The Hall–Kier alpha value is -2.54. The lowest BCUT2D eigenvalue weighted by atomic mass is 10.2. The van der Waals surface area contributed by atoms with Crippen molar-refractivity contribution in [3.8, 4) is 0 Å². The predicted octanol–water partition coefficient (Wildman–Crippen LogP) is 2.10. The third-order valence-electron chi connectivity index (χ3n) is 3.55. The van der Waals surface area contributed by atoms with Crippen molar-refractivity contribution in [2.45, 2.75) is 27.3 Å². The molecule has 0 unspecified atom stereocenters. The van der Waals surface area contributed by atoms with E-state index >= 15 is 0 Å². The number of rotatable bonds is 6. The fraction of sp³-hybridized carbons (Fsp3) is 0.375. The molecule has 2 rings (SSSR count). The van der Waals surface area contributed by atoms with E-state index in [9.17, 15) is 9.59 Å². The molecule has 0 atom stereocenters. The van der Waals surface area contributed by atoms with Crippen molar-refractivity contribution < 1.29 is 18.4 Å². The van der Waals surface area contributed by atoms with Crippen molar-refractivity contribution in [2.24, 2.45) is 0 Å². The van der Waals surface area contributed by atoms with E-state index in [4.69, 9.17) is 8.83 Å². The molecule has 0 aliphatic heterocycles. The molecule has 7 heteroatoms. The van der Waals surface area contributed by atoms with E-state index in [1.165, 1.54) is 12.3 Å². The van der Waals surface area contributed by atoms with Crippen LogP contribution in [-0.2, 0) is 6.54 Å². The average molecular weight is 319 g/mol. The van der Waals surface area contributed by atoms with Crippen LogP contribution in [0, 0.1) is 6.92 Å². The number of carbonyl (C=O) groups excluding carboxylic acids is 2. The van der Waals surface area contributed by atoms with Gasteiger partial charge < -0.3 is 8.83 Å². The van der Waals surface area contributed by atoms with E-state index < -0.39 is 11.8 Å². The maximum atomic E-state index is 12.0. The number of hydrazine groups is 1. The molecule has 2 aromatic rings. The summed E-state index contributed by atoms with van der Waals surface area (Å²) < 4.78 is 10.5. The summed E-state index contributed by atoms with van der Waals surface area (Å²) in [7, 11) is 0. The monoisotopic (exact) mass is 319 g/mol. The number of nitrogens with one attached hydrogen (secondary N) is 2. The number of aryl methyl sites for hydroxylation is 1. The lowest BCUT2D eigenvalue weighted by Crippen LogP contribution is -2.41. The highest BCUT2D eigenvalue weighted by Gasteiger charge is 2.15. The first-order chi connectivity index (χ1) is 11.0. The molecule has 0 aliphatic rings. The number of nitrogens with zero attached hydrogens (tertiary/aromatic N) is 1. The van der Waals surface area contributed by atoms with Crippen LogP contribution < -0.4 is 10.9 Å². The third kappa shape index (κ3) is 4.23. The molecule has 0 aromatic carbocycles. The Bertz CT molecular complexity index is 670. The first-order valence-electron chi connectivity index (χ1n) is 7.51. The summed E-state index contributed by atoms with van der Waals surface area (Å²) in [5.74, 6) is 0.383. The number of furan rings is 2. The van der Waals surface area contributed by atoms with Crippen molar-refractivity contribution in [2.75, 3.05) is 13.1 Å². The molecule has 0 spiro atoms. The minimum absolute atomic E-state index is 0.149. The fourth-order valence-electron chi connectivity index (χ4n) is 2.12. The average Bonchev–Trinajstić information content (AvgIpc) is 3.18. The Labute approximate surface area is 134 Å². The summed E-state index contributed by atoms with van der Waals surface area (Å²) in [6, 6.07) is 4.88. The third-order valence-corrected chi connectivity index (χ3v) is 3.55. The van der Waals surface area contributed by atoms with Crippen LogP contribution in [0.3, 0.4) is 0 Å². The van der Waals surface area contributed by atoms with Gasteiger partial charge in [0.2, 0.25) is 0 Å². The smallest absolute Gasteiger partial charge is 0.305 e. The molecule has 2 amide bonds. The van der Waals surface area contributed by atoms with Gasteiger partial charge in [0, 0.05) is 0 Å². The second-order valence-electron chi connectivity index (χ2n) is 5.03. The normalized spacial score (nSPS) is 10.8. The standard InChI is InChI=1S/C16H21N3O4/c1-4-19(5-2)10-12-6-7-14(23-12)16(21)18-17-15(20)13-8-9-22-11(13)3/h6-9H,4-5,10H2,1-3H3,(H,17,20)(H,18,21). The van der Waals surface area contributed by atoms with Crippen LogP contribution in [0.2, 0.25) is 0 Å². The van der Waals surface area contributed by atoms with Gasteiger partial charge in [-0.2, -0.15) is 0 Å². The highest BCUT2D eigenvalue weighted by Crippen LogP contribution is 2.11. The maximum Gasteiger partial charge on any atom is 0.305 e. The molecule has 2 N–H and O–H groups in total. The van der Waals surface area contributed by atoms with Gasteiger partial charge in [-0.25, -0.2) is 0 Å². The highest BCUT2D eigenvalue weighted by atomic mass is 16.4. The zero-order valence-electron chi connectivity index (χ0n) is 13.5. The van der Waals surface area contributed by atoms with Crippen molar-refractivity contribution in [3.63, 3.8) is 0 Å². The van der Waals surface area contributed by atoms with Crippen LogP contribution >= 0.6 is 0 Å². The van der Waals surface area contributed by atoms with Gasteiger partial charge in [-0.15, -0.1) is 0 Å². The van der Waals surface area contributed by atoms with Gasteiger partial charge in [-0.1, -0.05) is 13.8 Å². The molecule has 124 valence electrons. The minimum Gasteiger partial charge on any atom is -0.469 e. The Morgan fingerprint density at radius 1 is 1.09 bits per heavy atom. The van der Waals surface area contributed by atoms with Crippen molar-refractivity contribution >= 4 is 11.8 Å². The Morgan fingerprint density at radius 3 is 2.39 bits per heavy atom. The molecule has 7 nitrogen and oxygen atoms in total. The zero-order chi connectivity index (χ0) is 16.8. The molecule has 0 saturated heterocycles. The lowest BCUT2D eigenvalue weighted by molar-refractivity contribution is 0.0828. The summed E-state index contributed by atoms with van der Waals surface area (Å²) in [6.45, 7) is 8.24. The molecule has 23 heavy (non-hydrogen) atoms. The van der Waals surface area contributed by atoms with Gasteiger partial charge in [0.05, 0.1) is 18.4 Å². The maximum absolute atomic E-state index is 12.0. The van der Waals surface area contributed by atoms with Crippen molar-refractivity contribution in [1.29, 1.82) is 0 Å². The summed E-state index contributed by atoms with van der Waals surface area (Å²) in [4.78, 5) is 26.0. The number of amides is 2. The van der Waals surface area contributed by atoms with Crippen LogP contribution in [0.15, 0.2) is 33.3 Å². The van der Waals surface area contributed by atoms with E-state index in [-0.39, 0.29) is 5.76 Å². The zero-order valence-corrected chi connectivity index (χ0v) is 13.5. The number of carbonyl (C=O) groups is 2. The van der Waals surface area contributed by atoms with Gasteiger partial charge >= 0.3 is 5.91 Å². The topological polar surface area (TPSA) is 87.7 Å². The molecule has 2 heterocycles. The molecule has 0 saturated carbocycles. The summed E-state index contributed by atoms with van der Waals surface area (Å²) in [5, 5.41) is 0. The number of hydrogen-bond acceptors (Lipinski definition) is 5. The second kappa shape index (κ2) is 7.64. The quantitative estimate of drug-likeness (QED) is 0.796. The summed E-state index contributed by atoms with van der Waals surface area (Å²) >= 11 is 0. The van der Waals surface area contributed by atoms with Gasteiger partial charge in [-0.3, -0.25) is 25.3 Å². The van der Waals surface area contributed by atoms with E-state index in [0.717, 1.165) is 13.1 Å². The highest BCUT2D eigenvalue weighted by molar-refractivity contribution is 5.98. The molecule has 0 aliphatic carbocycles. The SMILES string of the molecule is CCN(CC)Cc1ccc(C(=O)NNC(=O)c2ccoc2C)o1. The molecule has 2 aromatic heterocycles. The van der Waals surface area contributed by atoms with E-state index in [1.54, 1.807) is 19.1 Å². The van der Waals surface area contributed by atoms with Crippen LogP contribution in [0.5, 0.6) is 0 Å². The Balaban J connectivity index is 1.90. The fourth-order valence-corrected chi connectivity index (χ4v) is 2.12. The van der Waals surface area contributed by atoms with Gasteiger partial charge in [0.15, 0.2) is 5.76 Å². The predicted molar refractivity (Wildman–Crippen MR) is 83.7 cm³/mol. The van der Waals surface area contributed by atoms with Crippen molar-refractivity contribution in [1.82, 2.24) is 15.8 Å². The van der Waals surface area contributed by atoms with E-state index in [0.29, 0.717) is 23.6 Å². The Kier molecular flexibility index (Phi) is 5.59. The Morgan fingerprint density at radius 2 is 1.78 bits per heavy atom. The van der Waals surface area contributed by atoms with Crippen molar-refractivity contribution in [3.05, 3.63) is 47.3 Å². The molecule has 0 bridgehead atoms. The number of hydrogen-bond donors (Lipinski definition) is 2. The van der Waals surface area contributed by atoms with Crippen LogP contribution in [0.1, 0.15) is 46.3 Å².